The molecule has 0 bridgehead atoms. The summed E-state index contributed by atoms with van der Waals surface area (Å²) in [7, 11) is 0. The Balaban J connectivity index is 1.69. The summed E-state index contributed by atoms with van der Waals surface area (Å²) in [5.41, 5.74) is 7.16. The van der Waals surface area contributed by atoms with E-state index in [0.29, 0.717) is 6.04 Å². The van der Waals surface area contributed by atoms with E-state index in [0.717, 1.165) is 17.4 Å². The molecule has 2 nitrogen and oxygen atoms in total. The van der Waals surface area contributed by atoms with Gasteiger partial charge in [-0.1, -0.05) is 0 Å². The van der Waals surface area contributed by atoms with E-state index in [-0.39, 0.29) is 0 Å². The minimum Gasteiger partial charge on any atom is -0.468 e. The molecule has 1 aromatic rings. The average molecular weight is 225 g/mol. The van der Waals surface area contributed by atoms with Crippen LogP contribution in [0.1, 0.15) is 30.6 Å². The summed E-state index contributed by atoms with van der Waals surface area (Å²) in [4.78, 5) is 0. The van der Waals surface area contributed by atoms with Crippen molar-refractivity contribution in [3.63, 3.8) is 0 Å². The molecule has 2 unspecified atom stereocenters. The van der Waals surface area contributed by atoms with Crippen LogP contribution in [-0.2, 0) is 5.75 Å². The normalized spacial score (nSPS) is 26.0. The van der Waals surface area contributed by atoms with Gasteiger partial charge < -0.3 is 10.2 Å². The van der Waals surface area contributed by atoms with Crippen LogP contribution in [0.3, 0.4) is 0 Å². The van der Waals surface area contributed by atoms with Gasteiger partial charge in [0.05, 0.1) is 12.0 Å². The number of nitrogens with two attached hydrogens (primary N) is 1. The molecule has 0 spiro atoms. The molecule has 0 aromatic carbocycles. The number of aryl methyl sites for hydroxylation is 1. The largest absolute Gasteiger partial charge is 0.468 e. The van der Waals surface area contributed by atoms with Crippen molar-refractivity contribution in [1.29, 1.82) is 0 Å². The lowest BCUT2D eigenvalue weighted by Crippen LogP contribution is -2.15. The van der Waals surface area contributed by atoms with Crippen LogP contribution in [0.15, 0.2) is 16.7 Å². The molecule has 2 rings (SSSR count). The van der Waals surface area contributed by atoms with E-state index in [4.69, 9.17) is 10.2 Å². The average Bonchev–Trinajstić information content (AvgIpc) is 2.77. The van der Waals surface area contributed by atoms with Crippen molar-refractivity contribution in [2.45, 2.75) is 38.0 Å². The Hall–Kier alpha value is -0.410. The Morgan fingerprint density at radius 2 is 2.40 bits per heavy atom. The van der Waals surface area contributed by atoms with Crippen molar-refractivity contribution in [2.24, 2.45) is 11.7 Å². The highest BCUT2D eigenvalue weighted by molar-refractivity contribution is 7.98. The van der Waals surface area contributed by atoms with Gasteiger partial charge in [0.25, 0.3) is 0 Å². The van der Waals surface area contributed by atoms with Crippen LogP contribution in [0.25, 0.3) is 0 Å². The second kappa shape index (κ2) is 5.08. The number of furan rings is 1. The molecular weight excluding hydrogens is 206 g/mol. The van der Waals surface area contributed by atoms with Crippen LogP contribution in [0, 0.1) is 12.8 Å². The summed E-state index contributed by atoms with van der Waals surface area (Å²) in [6, 6.07) is 2.49. The topological polar surface area (TPSA) is 39.2 Å². The number of hydrogen-bond donors (Lipinski definition) is 1. The van der Waals surface area contributed by atoms with Crippen LogP contribution < -0.4 is 5.73 Å². The number of hydrogen-bond acceptors (Lipinski definition) is 3. The molecule has 0 radical (unpaired) electrons. The zero-order valence-electron chi connectivity index (χ0n) is 9.24. The number of rotatable bonds is 4. The van der Waals surface area contributed by atoms with Gasteiger partial charge in [0.15, 0.2) is 0 Å². The lowest BCUT2D eigenvalue weighted by atomic mass is 10.1. The van der Waals surface area contributed by atoms with Crippen molar-refractivity contribution in [3.05, 3.63) is 23.7 Å². The summed E-state index contributed by atoms with van der Waals surface area (Å²) < 4.78 is 5.40. The highest BCUT2D eigenvalue weighted by atomic mass is 32.2. The molecule has 2 atom stereocenters. The third-order valence-corrected chi connectivity index (χ3v) is 4.31. The monoisotopic (exact) mass is 225 g/mol. The maximum atomic E-state index is 5.89. The van der Waals surface area contributed by atoms with Crippen LogP contribution in [0.2, 0.25) is 0 Å². The minimum absolute atomic E-state index is 0.459. The molecule has 1 heterocycles. The van der Waals surface area contributed by atoms with Crippen molar-refractivity contribution in [3.8, 4) is 0 Å². The predicted octanol–water partition coefficient (Wildman–Crippen LogP) is 2.95. The lowest BCUT2D eigenvalue weighted by molar-refractivity contribution is 0.527. The van der Waals surface area contributed by atoms with Gasteiger partial charge in [-0.25, -0.2) is 0 Å². The fraction of sp³-hybridized carbons (Fsp3) is 0.667. The molecule has 0 amide bonds. The Labute approximate surface area is 95.6 Å². The van der Waals surface area contributed by atoms with Gasteiger partial charge in [-0.3, -0.25) is 0 Å². The molecule has 1 aliphatic carbocycles. The Bertz CT molecular complexity index is 310. The van der Waals surface area contributed by atoms with Gasteiger partial charge in [0, 0.05) is 6.04 Å². The van der Waals surface area contributed by atoms with Crippen molar-refractivity contribution in [2.75, 3.05) is 5.75 Å². The second-order valence-electron chi connectivity index (χ2n) is 4.48. The molecule has 84 valence electrons. The quantitative estimate of drug-likeness (QED) is 0.856. The first-order valence-electron chi connectivity index (χ1n) is 5.62. The Morgan fingerprint density at radius 1 is 1.53 bits per heavy atom. The van der Waals surface area contributed by atoms with Crippen LogP contribution in [0.5, 0.6) is 0 Å². The summed E-state index contributed by atoms with van der Waals surface area (Å²) in [6.07, 6.45) is 5.51. The summed E-state index contributed by atoms with van der Waals surface area (Å²) in [6.45, 7) is 2.10. The first-order valence-corrected chi connectivity index (χ1v) is 6.77. The molecule has 1 fully saturated rings. The predicted molar refractivity (Wildman–Crippen MR) is 64.9 cm³/mol. The first-order chi connectivity index (χ1) is 7.25. The molecule has 1 aliphatic rings. The van der Waals surface area contributed by atoms with Gasteiger partial charge in [-0.05, 0) is 49.5 Å². The maximum Gasteiger partial charge on any atom is 0.116 e. The van der Waals surface area contributed by atoms with Gasteiger partial charge in [-0.15, -0.1) is 0 Å². The molecule has 0 aliphatic heterocycles. The van der Waals surface area contributed by atoms with E-state index >= 15 is 0 Å². The smallest absolute Gasteiger partial charge is 0.116 e. The Morgan fingerprint density at radius 3 is 3.00 bits per heavy atom. The van der Waals surface area contributed by atoms with E-state index in [2.05, 4.69) is 6.92 Å². The van der Waals surface area contributed by atoms with Crippen molar-refractivity contribution < 1.29 is 4.42 Å². The fourth-order valence-electron chi connectivity index (χ4n) is 2.14. The zero-order valence-corrected chi connectivity index (χ0v) is 10.1. The van der Waals surface area contributed by atoms with Crippen LogP contribution in [0.4, 0.5) is 0 Å². The molecular formula is C12H19NOS. The third kappa shape index (κ3) is 3.02. The molecule has 15 heavy (non-hydrogen) atoms. The van der Waals surface area contributed by atoms with Gasteiger partial charge >= 0.3 is 0 Å². The first kappa shape index (κ1) is 11.1. The van der Waals surface area contributed by atoms with E-state index in [1.807, 2.05) is 17.8 Å². The summed E-state index contributed by atoms with van der Waals surface area (Å²) >= 11 is 1.98. The lowest BCUT2D eigenvalue weighted by Gasteiger charge is -2.08. The highest BCUT2D eigenvalue weighted by Gasteiger charge is 2.21. The maximum absolute atomic E-state index is 5.89. The molecule has 2 N–H and O–H groups in total. The minimum atomic E-state index is 0.459. The standard InChI is InChI=1S/C12H19NOS/c1-9-4-5-14-12(9)8-15-7-10-2-3-11(13)6-10/h4-5,10-11H,2-3,6-8,13H2,1H3. The third-order valence-electron chi connectivity index (χ3n) is 3.14. The van der Waals surface area contributed by atoms with Gasteiger partial charge in [0.2, 0.25) is 0 Å². The van der Waals surface area contributed by atoms with Crippen molar-refractivity contribution >= 4 is 11.8 Å². The van der Waals surface area contributed by atoms with Crippen LogP contribution in [-0.4, -0.2) is 11.8 Å². The zero-order chi connectivity index (χ0) is 10.7. The molecule has 3 heteroatoms. The SMILES string of the molecule is Cc1ccoc1CSCC1CCC(N)C1. The van der Waals surface area contributed by atoms with E-state index < -0.39 is 0 Å². The fourth-order valence-corrected chi connectivity index (χ4v) is 3.37. The van der Waals surface area contributed by atoms with E-state index in [1.165, 1.54) is 30.6 Å². The molecule has 1 saturated carbocycles. The molecule has 0 saturated heterocycles. The van der Waals surface area contributed by atoms with Crippen LogP contribution >= 0.6 is 11.8 Å². The second-order valence-corrected chi connectivity index (χ2v) is 5.51. The van der Waals surface area contributed by atoms with Gasteiger partial charge in [-0.2, -0.15) is 11.8 Å². The van der Waals surface area contributed by atoms with E-state index in [9.17, 15) is 0 Å². The highest BCUT2D eigenvalue weighted by Crippen LogP contribution is 2.29. The summed E-state index contributed by atoms with van der Waals surface area (Å²) in [5.74, 6) is 4.20. The van der Waals surface area contributed by atoms with E-state index in [1.54, 1.807) is 6.26 Å². The molecule has 1 aromatic heterocycles. The number of thioether (sulfide) groups is 1. The van der Waals surface area contributed by atoms with Crippen molar-refractivity contribution in [1.82, 2.24) is 0 Å². The summed E-state index contributed by atoms with van der Waals surface area (Å²) in [5, 5.41) is 0. The Kier molecular flexibility index (Phi) is 3.76. The van der Waals surface area contributed by atoms with Gasteiger partial charge in [0.1, 0.15) is 5.76 Å².